The summed E-state index contributed by atoms with van der Waals surface area (Å²) in [5.41, 5.74) is 0. The first-order valence-corrected chi connectivity index (χ1v) is 8.60. The predicted molar refractivity (Wildman–Crippen MR) is 85.0 cm³/mol. The van der Waals surface area contributed by atoms with Crippen molar-refractivity contribution in [3.8, 4) is 0 Å². The van der Waals surface area contributed by atoms with Gasteiger partial charge in [-0.15, -0.1) is 0 Å². The summed E-state index contributed by atoms with van der Waals surface area (Å²) in [7, 11) is 0. The van der Waals surface area contributed by atoms with Crippen LogP contribution < -0.4 is 0 Å². The highest BCUT2D eigenvalue weighted by Crippen LogP contribution is 2.26. The first-order chi connectivity index (χ1) is 8.60. The molecule has 0 radical (unpaired) electrons. The second-order valence-electron chi connectivity index (χ2n) is 6.75. The summed E-state index contributed by atoms with van der Waals surface area (Å²) in [5.74, 6) is 3.21. The molecule has 0 nitrogen and oxygen atoms in total. The molecule has 3 aliphatic carbocycles. The van der Waals surface area contributed by atoms with E-state index in [1.165, 1.54) is 64.2 Å². The molecule has 0 heteroatoms. The summed E-state index contributed by atoms with van der Waals surface area (Å²) >= 11 is 0. The smallest absolute Gasteiger partial charge is 0.0443 e. The molecule has 110 valence electrons. The lowest BCUT2D eigenvalue weighted by Gasteiger charge is -2.18. The quantitative estimate of drug-likeness (QED) is 0.481. The highest BCUT2D eigenvalue weighted by Gasteiger charge is 2.12. The van der Waals surface area contributed by atoms with Crippen molar-refractivity contribution >= 4 is 0 Å². The molecular formula is C18H38. The predicted octanol–water partition coefficient (Wildman–Crippen LogP) is 6.84. The zero-order chi connectivity index (χ0) is 13.8. The topological polar surface area (TPSA) is 0 Å². The van der Waals surface area contributed by atoms with E-state index in [-0.39, 0.29) is 0 Å². The van der Waals surface area contributed by atoms with Crippen LogP contribution in [0.25, 0.3) is 0 Å². The lowest BCUT2D eigenvalue weighted by Crippen LogP contribution is -2.04. The van der Waals surface area contributed by atoms with Crippen molar-refractivity contribution in [1.29, 1.82) is 0 Å². The van der Waals surface area contributed by atoms with Crippen molar-refractivity contribution in [2.24, 2.45) is 17.8 Å². The molecule has 0 saturated heterocycles. The second kappa shape index (κ2) is 12.1. The minimum atomic E-state index is 1.06. The fourth-order valence-corrected chi connectivity index (χ4v) is 1.39. The molecule has 3 rings (SSSR count). The molecule has 3 saturated carbocycles. The molecule has 0 aromatic rings. The van der Waals surface area contributed by atoms with Crippen LogP contribution in [-0.4, -0.2) is 0 Å². The van der Waals surface area contributed by atoms with Gasteiger partial charge in [-0.25, -0.2) is 0 Å². The molecule has 0 aliphatic heterocycles. The number of hydrogen-bond donors (Lipinski definition) is 0. The van der Waals surface area contributed by atoms with Gasteiger partial charge in [-0.1, -0.05) is 98.8 Å². The highest BCUT2D eigenvalue weighted by molar-refractivity contribution is 4.65. The average Bonchev–Trinajstić information content (AvgIpc) is 3.08. The molecular weight excluding hydrogens is 216 g/mol. The highest BCUT2D eigenvalue weighted by atomic mass is 14.2. The Morgan fingerprint density at radius 3 is 0.778 bits per heavy atom. The third-order valence-corrected chi connectivity index (χ3v) is 4.15. The normalized spacial score (nSPS) is 21.8. The molecule has 0 heterocycles. The molecule has 3 aliphatic rings. The van der Waals surface area contributed by atoms with Gasteiger partial charge >= 0.3 is 0 Å². The molecule has 0 spiro atoms. The van der Waals surface area contributed by atoms with E-state index in [2.05, 4.69) is 34.6 Å². The van der Waals surface area contributed by atoms with E-state index in [4.69, 9.17) is 0 Å². The van der Waals surface area contributed by atoms with Crippen molar-refractivity contribution in [2.75, 3.05) is 0 Å². The van der Waals surface area contributed by atoms with Gasteiger partial charge in [0.2, 0.25) is 0 Å². The van der Waals surface area contributed by atoms with E-state index in [1.807, 2.05) is 0 Å². The van der Waals surface area contributed by atoms with Gasteiger partial charge in [-0.2, -0.15) is 0 Å². The summed E-state index contributed by atoms with van der Waals surface area (Å²) in [5, 5.41) is 0. The zero-order valence-corrected chi connectivity index (χ0v) is 13.8. The first kappa shape index (κ1) is 18.0. The molecule has 3 fully saturated rings. The van der Waals surface area contributed by atoms with E-state index in [0.717, 1.165) is 17.8 Å². The van der Waals surface area contributed by atoms with Crippen LogP contribution in [0.15, 0.2) is 0 Å². The molecule has 0 unspecified atom stereocenters. The lowest BCUT2D eigenvalue weighted by atomic mass is 9.88. The second-order valence-corrected chi connectivity index (χ2v) is 6.75. The van der Waals surface area contributed by atoms with Crippen LogP contribution in [0.1, 0.15) is 98.8 Å². The summed E-state index contributed by atoms with van der Waals surface area (Å²) in [6.07, 6.45) is 14.5. The van der Waals surface area contributed by atoms with Gasteiger partial charge in [-0.3, -0.25) is 0 Å². The third kappa shape index (κ3) is 14.1. The molecule has 0 N–H and O–H groups in total. The van der Waals surface area contributed by atoms with Gasteiger partial charge in [0.15, 0.2) is 0 Å². The Hall–Kier alpha value is 0. The summed E-state index contributed by atoms with van der Waals surface area (Å²) in [4.78, 5) is 0. The SMILES string of the molecule is CC1CC1.CC1CCC1.CC1CCC1.CCCC. The number of rotatable bonds is 1. The Morgan fingerprint density at radius 1 is 0.556 bits per heavy atom. The van der Waals surface area contributed by atoms with Gasteiger partial charge in [0.05, 0.1) is 0 Å². The van der Waals surface area contributed by atoms with Gasteiger partial charge in [0.25, 0.3) is 0 Å². The fraction of sp³-hybridized carbons (Fsp3) is 1.00. The summed E-state index contributed by atoms with van der Waals surface area (Å²) < 4.78 is 0. The Balaban J connectivity index is 0.000000216. The van der Waals surface area contributed by atoms with Gasteiger partial charge in [-0.05, 0) is 17.8 Å². The standard InChI is InChI=1S/2C5H10.C4H8.C4H10/c2*1-5-3-2-4-5;1-4-2-3-4;1-3-4-2/h2*5H,2-4H2,1H3;4H,2-3H2,1H3;3-4H2,1-2H3. The molecule has 0 aromatic carbocycles. The van der Waals surface area contributed by atoms with Crippen molar-refractivity contribution in [3.05, 3.63) is 0 Å². The maximum Gasteiger partial charge on any atom is -0.0443 e. The summed E-state index contributed by atoms with van der Waals surface area (Å²) in [6, 6.07) is 0. The molecule has 0 aromatic heterocycles. The van der Waals surface area contributed by atoms with Crippen LogP contribution in [0.5, 0.6) is 0 Å². The van der Waals surface area contributed by atoms with Crippen LogP contribution in [0.3, 0.4) is 0 Å². The van der Waals surface area contributed by atoms with E-state index >= 15 is 0 Å². The minimum Gasteiger partial charge on any atom is -0.0654 e. The molecule has 0 bridgehead atoms. The van der Waals surface area contributed by atoms with E-state index in [0.29, 0.717) is 0 Å². The van der Waals surface area contributed by atoms with Crippen LogP contribution >= 0.6 is 0 Å². The lowest BCUT2D eigenvalue weighted by molar-refractivity contribution is 0.346. The minimum absolute atomic E-state index is 1.06. The average molecular weight is 255 g/mol. The number of unbranched alkanes of at least 4 members (excludes halogenated alkanes) is 1. The van der Waals surface area contributed by atoms with Crippen LogP contribution in [0.4, 0.5) is 0 Å². The Kier molecular flexibility index (Phi) is 12.1. The molecule has 0 amide bonds. The largest absolute Gasteiger partial charge is 0.0654 e. The van der Waals surface area contributed by atoms with E-state index in [9.17, 15) is 0 Å². The van der Waals surface area contributed by atoms with Gasteiger partial charge in [0.1, 0.15) is 0 Å². The summed E-state index contributed by atoms with van der Waals surface area (Å²) in [6.45, 7) is 11.3. The van der Waals surface area contributed by atoms with Gasteiger partial charge in [0, 0.05) is 0 Å². The Morgan fingerprint density at radius 2 is 0.778 bits per heavy atom. The Bertz CT molecular complexity index is 135. The van der Waals surface area contributed by atoms with Crippen LogP contribution in [0.2, 0.25) is 0 Å². The van der Waals surface area contributed by atoms with E-state index < -0.39 is 0 Å². The van der Waals surface area contributed by atoms with Crippen molar-refractivity contribution in [1.82, 2.24) is 0 Å². The van der Waals surface area contributed by atoms with E-state index in [1.54, 1.807) is 0 Å². The molecule has 0 atom stereocenters. The van der Waals surface area contributed by atoms with Crippen LogP contribution in [-0.2, 0) is 0 Å². The third-order valence-electron chi connectivity index (χ3n) is 4.15. The Labute approximate surface area is 117 Å². The maximum atomic E-state index is 2.31. The van der Waals surface area contributed by atoms with Crippen LogP contribution in [0, 0.1) is 17.8 Å². The number of hydrogen-bond acceptors (Lipinski definition) is 0. The monoisotopic (exact) mass is 254 g/mol. The van der Waals surface area contributed by atoms with Crippen molar-refractivity contribution < 1.29 is 0 Å². The molecule has 18 heavy (non-hydrogen) atoms. The zero-order valence-electron chi connectivity index (χ0n) is 13.8. The first-order valence-electron chi connectivity index (χ1n) is 8.60. The van der Waals surface area contributed by atoms with Crippen molar-refractivity contribution in [2.45, 2.75) is 98.8 Å². The van der Waals surface area contributed by atoms with Gasteiger partial charge < -0.3 is 0 Å². The fourth-order valence-electron chi connectivity index (χ4n) is 1.39. The van der Waals surface area contributed by atoms with Crippen molar-refractivity contribution in [3.63, 3.8) is 0 Å². The maximum absolute atomic E-state index is 2.31.